The van der Waals surface area contributed by atoms with Crippen molar-refractivity contribution in [3.8, 4) is 0 Å². The zero-order valence-electron chi connectivity index (χ0n) is 16.3. The van der Waals surface area contributed by atoms with Crippen molar-refractivity contribution in [2.24, 2.45) is 5.92 Å². The van der Waals surface area contributed by atoms with Gasteiger partial charge in [-0.3, -0.25) is 4.79 Å². The van der Waals surface area contributed by atoms with Crippen LogP contribution in [0.15, 0.2) is 18.2 Å². The molecule has 1 saturated heterocycles. The molecular weight excluding hydrogens is 350 g/mol. The minimum absolute atomic E-state index is 0.0624. The van der Waals surface area contributed by atoms with Crippen LogP contribution in [-0.2, 0) is 34.4 Å². The maximum absolute atomic E-state index is 12.6. The Hall–Kier alpha value is -1.44. The molecule has 26 heavy (non-hydrogen) atoms. The SMILES string of the molecule is CCc1ccc(CC)c(CNC(=O)[C@@H]2CCCN(S(=O)(=O)N(C)C)C2)c1. The number of nitrogens with one attached hydrogen (secondary N) is 1. The van der Waals surface area contributed by atoms with E-state index >= 15 is 0 Å². The molecule has 1 N–H and O–H groups in total. The van der Waals surface area contributed by atoms with Crippen LogP contribution >= 0.6 is 0 Å². The van der Waals surface area contributed by atoms with Gasteiger partial charge >= 0.3 is 0 Å². The molecule has 0 saturated carbocycles. The topological polar surface area (TPSA) is 69.7 Å². The monoisotopic (exact) mass is 381 g/mol. The Balaban J connectivity index is 2.02. The van der Waals surface area contributed by atoms with Crippen LogP contribution < -0.4 is 5.32 Å². The summed E-state index contributed by atoms with van der Waals surface area (Å²) in [4.78, 5) is 12.6. The summed E-state index contributed by atoms with van der Waals surface area (Å²) in [5, 5.41) is 3.02. The minimum atomic E-state index is -3.47. The maximum Gasteiger partial charge on any atom is 0.281 e. The van der Waals surface area contributed by atoms with Gasteiger partial charge in [-0.15, -0.1) is 0 Å². The lowest BCUT2D eigenvalue weighted by Crippen LogP contribution is -2.48. The summed E-state index contributed by atoms with van der Waals surface area (Å²) < 4.78 is 27.2. The highest BCUT2D eigenvalue weighted by molar-refractivity contribution is 7.86. The van der Waals surface area contributed by atoms with Gasteiger partial charge in [0, 0.05) is 33.7 Å². The van der Waals surface area contributed by atoms with E-state index in [-0.39, 0.29) is 18.4 Å². The molecule has 0 spiro atoms. The van der Waals surface area contributed by atoms with E-state index in [2.05, 4.69) is 37.4 Å². The first-order valence-corrected chi connectivity index (χ1v) is 10.7. The lowest BCUT2D eigenvalue weighted by molar-refractivity contribution is -0.126. The molecule has 6 nitrogen and oxygen atoms in total. The highest BCUT2D eigenvalue weighted by atomic mass is 32.2. The van der Waals surface area contributed by atoms with Crippen LogP contribution in [0.4, 0.5) is 0 Å². The van der Waals surface area contributed by atoms with Gasteiger partial charge in [-0.2, -0.15) is 17.0 Å². The molecule has 7 heteroatoms. The molecule has 146 valence electrons. The Morgan fingerprint density at radius 2 is 1.96 bits per heavy atom. The molecule has 0 radical (unpaired) electrons. The van der Waals surface area contributed by atoms with Crippen molar-refractivity contribution in [3.63, 3.8) is 0 Å². The third-order valence-corrected chi connectivity index (χ3v) is 6.96. The number of aryl methyl sites for hydroxylation is 2. The molecule has 2 rings (SSSR count). The van der Waals surface area contributed by atoms with E-state index in [0.717, 1.165) is 24.8 Å². The Labute approximate surface area is 157 Å². The lowest BCUT2D eigenvalue weighted by Gasteiger charge is -2.32. The second-order valence-corrected chi connectivity index (χ2v) is 9.16. The third-order valence-electron chi connectivity index (χ3n) is 5.06. The minimum Gasteiger partial charge on any atom is -0.352 e. The normalized spacial score (nSPS) is 18.9. The van der Waals surface area contributed by atoms with Gasteiger partial charge in [0.15, 0.2) is 0 Å². The number of hydrogen-bond acceptors (Lipinski definition) is 3. The maximum atomic E-state index is 12.6. The van der Waals surface area contributed by atoms with Crippen molar-refractivity contribution < 1.29 is 13.2 Å². The summed E-state index contributed by atoms with van der Waals surface area (Å²) >= 11 is 0. The fourth-order valence-electron chi connectivity index (χ4n) is 3.33. The van der Waals surface area contributed by atoms with Crippen molar-refractivity contribution in [1.82, 2.24) is 13.9 Å². The molecule has 1 amide bonds. The highest BCUT2D eigenvalue weighted by Gasteiger charge is 2.33. The van der Waals surface area contributed by atoms with Gasteiger partial charge in [0.05, 0.1) is 5.92 Å². The van der Waals surface area contributed by atoms with Gasteiger partial charge in [0.1, 0.15) is 0 Å². The molecular formula is C19H31N3O3S. The van der Waals surface area contributed by atoms with E-state index in [9.17, 15) is 13.2 Å². The van der Waals surface area contributed by atoms with E-state index in [4.69, 9.17) is 0 Å². The van der Waals surface area contributed by atoms with Crippen LogP contribution in [0.3, 0.4) is 0 Å². The predicted octanol–water partition coefficient (Wildman–Crippen LogP) is 1.95. The Kier molecular flexibility index (Phi) is 7.20. The molecule has 1 fully saturated rings. The Bertz CT molecular complexity index is 732. The smallest absolute Gasteiger partial charge is 0.281 e. The second kappa shape index (κ2) is 8.97. The fourth-order valence-corrected chi connectivity index (χ4v) is 4.52. The number of benzene rings is 1. The highest BCUT2D eigenvalue weighted by Crippen LogP contribution is 2.21. The van der Waals surface area contributed by atoms with Crippen LogP contribution in [0.25, 0.3) is 0 Å². The second-order valence-electron chi connectivity index (χ2n) is 7.02. The summed E-state index contributed by atoms with van der Waals surface area (Å²) in [5.41, 5.74) is 3.64. The summed E-state index contributed by atoms with van der Waals surface area (Å²) in [6.45, 7) is 5.44. The van der Waals surface area contributed by atoms with E-state index in [0.29, 0.717) is 19.5 Å². The van der Waals surface area contributed by atoms with Crippen LogP contribution in [0.1, 0.15) is 43.4 Å². The molecule has 1 atom stereocenters. The molecule has 1 aliphatic heterocycles. The molecule has 0 aromatic heterocycles. The predicted molar refractivity (Wildman–Crippen MR) is 104 cm³/mol. The van der Waals surface area contributed by atoms with Crippen molar-refractivity contribution in [1.29, 1.82) is 0 Å². The number of piperidine rings is 1. The third kappa shape index (κ3) is 4.84. The standard InChI is InChI=1S/C19H31N3O3S/c1-5-15-9-10-16(6-2)18(12-15)13-20-19(23)17-8-7-11-22(14-17)26(24,25)21(3)4/h9-10,12,17H,5-8,11,13-14H2,1-4H3,(H,20,23)/t17-/m1/s1. The van der Waals surface area contributed by atoms with Crippen molar-refractivity contribution in [3.05, 3.63) is 34.9 Å². The number of rotatable bonds is 7. The zero-order valence-corrected chi connectivity index (χ0v) is 17.1. The van der Waals surface area contributed by atoms with Crippen LogP contribution in [0.5, 0.6) is 0 Å². The van der Waals surface area contributed by atoms with Gasteiger partial charge in [-0.1, -0.05) is 32.0 Å². The first kappa shape index (κ1) is 20.9. The van der Waals surface area contributed by atoms with Gasteiger partial charge in [-0.05, 0) is 42.4 Å². The largest absolute Gasteiger partial charge is 0.352 e. The summed E-state index contributed by atoms with van der Waals surface area (Å²) in [5.74, 6) is -0.356. The molecule has 0 aliphatic carbocycles. The van der Waals surface area contributed by atoms with Crippen LogP contribution in [-0.4, -0.2) is 50.1 Å². The fraction of sp³-hybridized carbons (Fsp3) is 0.632. The van der Waals surface area contributed by atoms with Crippen LogP contribution in [0, 0.1) is 5.92 Å². The number of nitrogens with zero attached hydrogens (tertiary/aromatic N) is 2. The van der Waals surface area contributed by atoms with E-state index in [1.165, 1.54) is 33.8 Å². The summed E-state index contributed by atoms with van der Waals surface area (Å²) in [6, 6.07) is 6.42. The van der Waals surface area contributed by atoms with Gasteiger partial charge in [0.25, 0.3) is 10.2 Å². The van der Waals surface area contributed by atoms with E-state index in [1.807, 2.05) is 0 Å². The molecule has 1 aromatic rings. The molecule has 1 aromatic carbocycles. The van der Waals surface area contributed by atoms with Gasteiger partial charge in [-0.25, -0.2) is 0 Å². The number of amides is 1. The lowest BCUT2D eigenvalue weighted by atomic mass is 9.97. The van der Waals surface area contributed by atoms with Crippen molar-refractivity contribution in [2.45, 2.75) is 46.1 Å². The average Bonchev–Trinajstić information content (AvgIpc) is 2.65. The first-order chi connectivity index (χ1) is 12.3. The number of carbonyl (C=O) groups is 1. The molecule has 0 bridgehead atoms. The zero-order chi connectivity index (χ0) is 19.3. The van der Waals surface area contributed by atoms with Crippen molar-refractivity contribution in [2.75, 3.05) is 27.2 Å². The summed E-state index contributed by atoms with van der Waals surface area (Å²) in [6.07, 6.45) is 3.32. The Morgan fingerprint density at radius 3 is 2.58 bits per heavy atom. The van der Waals surface area contributed by atoms with Crippen molar-refractivity contribution >= 4 is 16.1 Å². The van der Waals surface area contributed by atoms with E-state index < -0.39 is 10.2 Å². The van der Waals surface area contributed by atoms with E-state index in [1.54, 1.807) is 0 Å². The number of hydrogen-bond donors (Lipinski definition) is 1. The summed E-state index contributed by atoms with van der Waals surface area (Å²) in [7, 11) is -0.427. The molecule has 0 unspecified atom stereocenters. The Morgan fingerprint density at radius 1 is 1.23 bits per heavy atom. The van der Waals surface area contributed by atoms with Gasteiger partial charge < -0.3 is 5.32 Å². The van der Waals surface area contributed by atoms with Crippen LogP contribution in [0.2, 0.25) is 0 Å². The number of carbonyl (C=O) groups excluding carboxylic acids is 1. The molecule has 1 aliphatic rings. The average molecular weight is 382 g/mol. The molecule has 1 heterocycles. The van der Waals surface area contributed by atoms with Gasteiger partial charge in [0.2, 0.25) is 5.91 Å². The quantitative estimate of drug-likeness (QED) is 0.785. The first-order valence-electron chi connectivity index (χ1n) is 9.35.